The maximum Gasteiger partial charge on any atom is 0.255 e. The van der Waals surface area contributed by atoms with Crippen molar-refractivity contribution in [3.63, 3.8) is 0 Å². The number of benzene rings is 1. The Kier molecular flexibility index (Phi) is 6.84. The molecule has 0 unspecified atom stereocenters. The highest BCUT2D eigenvalue weighted by molar-refractivity contribution is 6.06. The zero-order valence-electron chi connectivity index (χ0n) is 16.8. The number of anilines is 1. The summed E-state index contributed by atoms with van der Waals surface area (Å²) in [5, 5.41) is 2.76. The Morgan fingerprint density at radius 1 is 1.10 bits per heavy atom. The molecule has 1 aliphatic heterocycles. The van der Waals surface area contributed by atoms with Gasteiger partial charge in [0.2, 0.25) is 5.91 Å². The maximum absolute atomic E-state index is 12.9. The van der Waals surface area contributed by atoms with E-state index in [0.29, 0.717) is 28.9 Å². The Bertz CT molecular complexity index is 931. The Morgan fingerprint density at radius 2 is 1.83 bits per heavy atom. The van der Waals surface area contributed by atoms with Gasteiger partial charge in [-0.2, -0.15) is 0 Å². The van der Waals surface area contributed by atoms with Gasteiger partial charge in [0.15, 0.2) is 0 Å². The van der Waals surface area contributed by atoms with Crippen molar-refractivity contribution in [3.05, 3.63) is 53.6 Å². The van der Waals surface area contributed by atoms with Gasteiger partial charge in [0, 0.05) is 42.4 Å². The molecule has 2 heterocycles. The molecule has 0 spiro atoms. The van der Waals surface area contributed by atoms with Gasteiger partial charge in [0.25, 0.3) is 5.91 Å². The third-order valence-corrected chi connectivity index (χ3v) is 4.53. The third-order valence-electron chi connectivity index (χ3n) is 4.53. The molecule has 29 heavy (non-hydrogen) atoms. The van der Waals surface area contributed by atoms with Gasteiger partial charge in [0.05, 0.1) is 23.8 Å². The molecule has 7 nitrogen and oxygen atoms in total. The molecule has 1 aliphatic rings. The van der Waals surface area contributed by atoms with E-state index in [9.17, 15) is 9.59 Å². The number of carbonyl (C=O) groups excluding carboxylic acids is 2. The van der Waals surface area contributed by atoms with Gasteiger partial charge >= 0.3 is 0 Å². The topological polar surface area (TPSA) is 87.5 Å². The summed E-state index contributed by atoms with van der Waals surface area (Å²) in [5.41, 5.74) is 3.21. The summed E-state index contributed by atoms with van der Waals surface area (Å²) in [6, 6.07) is 5.28. The van der Waals surface area contributed by atoms with Crippen molar-refractivity contribution in [2.75, 3.05) is 18.4 Å². The smallest absolute Gasteiger partial charge is 0.255 e. The number of fused-ring (bicyclic) bond motifs is 1. The van der Waals surface area contributed by atoms with E-state index in [4.69, 9.17) is 0 Å². The lowest BCUT2D eigenvalue weighted by atomic mass is 10.0. The van der Waals surface area contributed by atoms with Crippen molar-refractivity contribution in [1.29, 1.82) is 0 Å². The number of nitrogens with one attached hydrogen (secondary N) is 1. The van der Waals surface area contributed by atoms with Gasteiger partial charge in [-0.1, -0.05) is 19.9 Å². The highest BCUT2D eigenvalue weighted by atomic mass is 16.2. The minimum atomic E-state index is -0.264. The van der Waals surface area contributed by atoms with Crippen molar-refractivity contribution in [1.82, 2.24) is 14.9 Å². The van der Waals surface area contributed by atoms with E-state index in [1.807, 2.05) is 17.0 Å². The Balaban J connectivity index is 1.82. The second kappa shape index (κ2) is 9.73. The van der Waals surface area contributed by atoms with Gasteiger partial charge in [-0.15, -0.1) is 0 Å². The number of carbonyl (C=O) groups is 2. The monoisotopic (exact) mass is 391 g/mol. The molecule has 0 bridgehead atoms. The molecule has 2 aromatic rings. The fourth-order valence-corrected chi connectivity index (χ4v) is 3.18. The van der Waals surface area contributed by atoms with Crippen LogP contribution in [0.1, 0.15) is 49.0 Å². The molecule has 0 radical (unpaired) electrons. The van der Waals surface area contributed by atoms with Crippen LogP contribution in [-0.2, 0) is 4.79 Å². The van der Waals surface area contributed by atoms with Crippen molar-refractivity contribution in [2.45, 2.75) is 33.1 Å². The summed E-state index contributed by atoms with van der Waals surface area (Å²) < 4.78 is 0. The molecule has 1 aromatic heterocycles. The fraction of sp³-hybridized carbons (Fsp3) is 0.318. The highest BCUT2D eigenvalue weighted by Crippen LogP contribution is 2.27. The summed E-state index contributed by atoms with van der Waals surface area (Å²) >= 11 is 0. The van der Waals surface area contributed by atoms with Crippen LogP contribution in [0.4, 0.5) is 11.4 Å². The second-order valence-electron chi connectivity index (χ2n) is 6.83. The standard InChI is InChI=1S/C22H25N5O2/c1-3-9-27(10-4-2)22(29)18-7-8-25-20-12-17(6-5-16(20)11-18)21(28)26-19-13-23-15-24-14-19/h5-6,8,11-15H,3-4,7,9-10H2,1-2H3,(H,26,28). The molecule has 0 atom stereocenters. The number of amides is 2. The zero-order valence-corrected chi connectivity index (χ0v) is 16.8. The van der Waals surface area contributed by atoms with Crippen LogP contribution in [0, 0.1) is 0 Å². The van der Waals surface area contributed by atoms with E-state index in [1.54, 1.807) is 18.3 Å². The second-order valence-corrected chi connectivity index (χ2v) is 6.83. The number of aliphatic imine (C=N–C) groups is 1. The average Bonchev–Trinajstić information content (AvgIpc) is 2.95. The van der Waals surface area contributed by atoms with E-state index in [-0.39, 0.29) is 11.8 Å². The quantitative estimate of drug-likeness (QED) is 0.776. The first-order valence-electron chi connectivity index (χ1n) is 9.85. The van der Waals surface area contributed by atoms with E-state index in [1.165, 1.54) is 18.7 Å². The summed E-state index contributed by atoms with van der Waals surface area (Å²) in [4.78, 5) is 39.6. The minimum absolute atomic E-state index is 0.0545. The lowest BCUT2D eigenvalue weighted by molar-refractivity contribution is -0.127. The number of nitrogens with zero attached hydrogens (tertiary/aromatic N) is 4. The SMILES string of the molecule is CCCN(CCC)C(=O)C1=Cc2ccc(C(=O)Nc3cncnc3)cc2N=CC1. The van der Waals surface area contributed by atoms with Crippen molar-refractivity contribution in [2.24, 2.45) is 4.99 Å². The van der Waals surface area contributed by atoms with E-state index in [0.717, 1.165) is 31.5 Å². The van der Waals surface area contributed by atoms with E-state index >= 15 is 0 Å². The first kappa shape index (κ1) is 20.4. The molecule has 2 amide bonds. The number of hydrogen-bond acceptors (Lipinski definition) is 5. The normalized spacial score (nSPS) is 12.6. The third kappa shape index (κ3) is 5.13. The summed E-state index contributed by atoms with van der Waals surface area (Å²) in [7, 11) is 0. The van der Waals surface area contributed by atoms with Gasteiger partial charge < -0.3 is 10.2 Å². The van der Waals surface area contributed by atoms with E-state index < -0.39 is 0 Å². The lowest BCUT2D eigenvalue weighted by Crippen LogP contribution is -2.33. The van der Waals surface area contributed by atoms with Crippen LogP contribution in [0.25, 0.3) is 6.08 Å². The predicted molar refractivity (Wildman–Crippen MR) is 114 cm³/mol. The van der Waals surface area contributed by atoms with Crippen LogP contribution in [0.15, 0.2) is 47.5 Å². The van der Waals surface area contributed by atoms with E-state index in [2.05, 4.69) is 34.1 Å². The number of aromatic nitrogens is 2. The van der Waals surface area contributed by atoms with Crippen molar-refractivity contribution >= 4 is 35.5 Å². The molecule has 1 N–H and O–H groups in total. The van der Waals surface area contributed by atoms with Crippen LogP contribution in [0.5, 0.6) is 0 Å². The number of rotatable bonds is 7. The van der Waals surface area contributed by atoms with Gasteiger partial charge in [-0.3, -0.25) is 14.6 Å². The predicted octanol–water partition coefficient (Wildman–Crippen LogP) is 3.87. The molecular formula is C22H25N5O2. The van der Waals surface area contributed by atoms with Crippen molar-refractivity contribution in [3.8, 4) is 0 Å². The van der Waals surface area contributed by atoms with Crippen molar-refractivity contribution < 1.29 is 9.59 Å². The Labute approximate surface area is 170 Å². The molecule has 0 fully saturated rings. The summed E-state index contributed by atoms with van der Waals surface area (Å²) in [6.07, 6.45) is 10.4. The summed E-state index contributed by atoms with van der Waals surface area (Å²) in [6.45, 7) is 5.64. The Morgan fingerprint density at radius 3 is 2.52 bits per heavy atom. The largest absolute Gasteiger partial charge is 0.339 e. The van der Waals surface area contributed by atoms with Crippen LogP contribution in [0.2, 0.25) is 0 Å². The van der Waals surface area contributed by atoms with Gasteiger partial charge in [-0.25, -0.2) is 9.97 Å². The Hall–Kier alpha value is -3.35. The lowest BCUT2D eigenvalue weighted by Gasteiger charge is -2.22. The molecule has 7 heteroatoms. The first-order chi connectivity index (χ1) is 14.1. The van der Waals surface area contributed by atoms with Crippen LogP contribution >= 0.6 is 0 Å². The number of hydrogen-bond donors (Lipinski definition) is 1. The molecule has 0 saturated heterocycles. The molecule has 1 aromatic carbocycles. The molecule has 0 saturated carbocycles. The zero-order chi connectivity index (χ0) is 20.6. The van der Waals surface area contributed by atoms with Gasteiger partial charge in [0.1, 0.15) is 6.33 Å². The molecular weight excluding hydrogens is 366 g/mol. The summed E-state index contributed by atoms with van der Waals surface area (Å²) in [5.74, 6) is -0.210. The minimum Gasteiger partial charge on any atom is -0.339 e. The fourth-order valence-electron chi connectivity index (χ4n) is 3.18. The maximum atomic E-state index is 12.9. The molecule has 0 aliphatic carbocycles. The van der Waals surface area contributed by atoms with Crippen LogP contribution in [0.3, 0.4) is 0 Å². The van der Waals surface area contributed by atoms with Gasteiger partial charge in [-0.05, 0) is 31.1 Å². The highest BCUT2D eigenvalue weighted by Gasteiger charge is 2.19. The first-order valence-corrected chi connectivity index (χ1v) is 9.85. The van der Waals surface area contributed by atoms with Crippen LogP contribution < -0.4 is 5.32 Å². The van der Waals surface area contributed by atoms with Crippen LogP contribution in [-0.4, -0.2) is 46.0 Å². The molecule has 3 rings (SSSR count). The molecule has 150 valence electrons. The average molecular weight is 391 g/mol.